The maximum absolute atomic E-state index is 13.5. The van der Waals surface area contributed by atoms with E-state index in [9.17, 15) is 9.59 Å². The Labute approximate surface area is 257 Å². The van der Waals surface area contributed by atoms with E-state index in [1.165, 1.54) is 37.4 Å². The van der Waals surface area contributed by atoms with Gasteiger partial charge in [0, 0.05) is 24.4 Å². The summed E-state index contributed by atoms with van der Waals surface area (Å²) in [7, 11) is 4.57. The minimum atomic E-state index is -0.472. The van der Waals surface area contributed by atoms with Crippen LogP contribution in [0, 0.1) is 12.3 Å². The number of ether oxygens (including phenoxy) is 1. The summed E-state index contributed by atoms with van der Waals surface area (Å²) in [5.41, 5.74) is 13.7. The van der Waals surface area contributed by atoms with Crippen molar-refractivity contribution in [3.8, 4) is 5.75 Å². The van der Waals surface area contributed by atoms with Gasteiger partial charge in [0.15, 0.2) is 11.6 Å². The number of hydrazine groups is 1. The maximum atomic E-state index is 13.5. The van der Waals surface area contributed by atoms with Gasteiger partial charge in [0.25, 0.3) is 5.91 Å². The van der Waals surface area contributed by atoms with E-state index < -0.39 is 5.78 Å². The number of hydrogen-bond donors (Lipinski definition) is 5. The third kappa shape index (κ3) is 6.74. The van der Waals surface area contributed by atoms with Crippen molar-refractivity contribution >= 4 is 34.6 Å². The highest BCUT2D eigenvalue weighted by molar-refractivity contribution is 6.44. The van der Waals surface area contributed by atoms with Crippen LogP contribution >= 0.6 is 0 Å². The molecule has 3 aromatic rings. The molecule has 0 aromatic heterocycles. The molecule has 4 rings (SSSR count). The van der Waals surface area contributed by atoms with E-state index in [4.69, 9.17) is 26.6 Å². The number of hydrogen-bond acceptors (Lipinski definition) is 9. The lowest BCUT2D eigenvalue weighted by Gasteiger charge is -2.24. The van der Waals surface area contributed by atoms with Gasteiger partial charge in [-0.15, -0.1) is 0 Å². The van der Waals surface area contributed by atoms with Gasteiger partial charge in [0.05, 0.1) is 37.0 Å². The number of rotatable bonds is 12. The van der Waals surface area contributed by atoms with Crippen LogP contribution in [0.2, 0.25) is 0 Å². The Kier molecular flexibility index (Phi) is 9.41. The van der Waals surface area contributed by atoms with E-state index in [2.05, 4.69) is 24.3 Å². The molecule has 1 saturated carbocycles. The summed E-state index contributed by atoms with van der Waals surface area (Å²) in [6, 6.07) is 17.5. The summed E-state index contributed by atoms with van der Waals surface area (Å²) in [4.78, 5) is 32.7. The molecule has 0 heterocycles. The van der Waals surface area contributed by atoms with E-state index in [1.807, 2.05) is 19.1 Å². The molecular formula is C33H39N7O4. The Morgan fingerprint density at radius 1 is 1.05 bits per heavy atom. The molecule has 1 amide bonds. The van der Waals surface area contributed by atoms with Crippen LogP contribution in [-0.4, -0.2) is 43.7 Å². The van der Waals surface area contributed by atoms with Gasteiger partial charge in [-0.2, -0.15) is 0 Å². The van der Waals surface area contributed by atoms with E-state index in [0.29, 0.717) is 33.9 Å². The number of anilines is 3. The normalized spacial score (nSPS) is 13.5. The minimum Gasteiger partial charge on any atom is -0.492 e. The molecule has 3 aromatic carbocycles. The van der Waals surface area contributed by atoms with E-state index in [1.54, 1.807) is 48.5 Å². The summed E-state index contributed by atoms with van der Waals surface area (Å²) >= 11 is 0. The first-order valence-corrected chi connectivity index (χ1v) is 14.0. The van der Waals surface area contributed by atoms with Crippen LogP contribution in [0.4, 0.5) is 17.1 Å². The van der Waals surface area contributed by atoms with Gasteiger partial charge in [-0.25, -0.2) is 5.84 Å². The molecule has 11 heteroatoms. The molecule has 7 N–H and O–H groups in total. The number of nitrogens with one attached hydrogen (secondary N) is 3. The standard InChI is InChI=1S/C33H39N7O4/c1-20-12-13-23(32(42)37-26-17-24(33(3)14-15-33)18-27(38-44-6)30(26)43-5)16-28(20)40(36)19-25(34)21(2)39(4)31(35)29(41)22-10-8-7-9-11-22/h7-13,16-19,35,38H,2,14-15,34,36H2,1,3-6H3,(H,37,42)/b25-19-,35-31?. The van der Waals surface area contributed by atoms with Crippen molar-refractivity contribution in [3.63, 3.8) is 0 Å². The molecule has 0 saturated heterocycles. The first-order chi connectivity index (χ1) is 20.9. The van der Waals surface area contributed by atoms with Gasteiger partial charge < -0.3 is 20.7 Å². The Bertz CT molecular complexity index is 1630. The van der Waals surface area contributed by atoms with Crippen LogP contribution in [0.1, 0.15) is 51.6 Å². The number of likely N-dealkylation sites (N-methyl/N-ethyl adjacent to an activating group) is 1. The fourth-order valence-electron chi connectivity index (χ4n) is 4.68. The van der Waals surface area contributed by atoms with Gasteiger partial charge in [-0.1, -0.05) is 49.9 Å². The molecule has 11 nitrogen and oxygen atoms in total. The van der Waals surface area contributed by atoms with Gasteiger partial charge in [0.1, 0.15) is 5.69 Å². The molecule has 0 unspecified atom stereocenters. The summed E-state index contributed by atoms with van der Waals surface area (Å²) in [6.07, 6.45) is 3.53. The summed E-state index contributed by atoms with van der Waals surface area (Å²) in [5, 5.41) is 12.6. The smallest absolute Gasteiger partial charge is 0.255 e. The topological polar surface area (TPSA) is 159 Å². The SMILES string of the molecule is C=C(/C(N)=C/N(N)c1cc(C(=O)Nc2cc(C3(C)CC3)cc(NOC)c2OC)ccc1C)N(C)C(=N)C(=O)c1ccccc1. The molecule has 44 heavy (non-hydrogen) atoms. The Hall–Kier alpha value is -5.13. The fourth-order valence-corrected chi connectivity index (χ4v) is 4.68. The van der Waals surface area contributed by atoms with Crippen LogP contribution in [0.5, 0.6) is 5.75 Å². The Morgan fingerprint density at radius 3 is 2.32 bits per heavy atom. The second-order valence-electron chi connectivity index (χ2n) is 11.0. The van der Waals surface area contributed by atoms with Crippen molar-refractivity contribution in [2.45, 2.75) is 32.1 Å². The van der Waals surface area contributed by atoms with Crippen LogP contribution in [-0.2, 0) is 10.3 Å². The monoisotopic (exact) mass is 597 g/mol. The number of nitrogens with two attached hydrogens (primary N) is 2. The molecule has 0 spiro atoms. The number of ketones is 1. The third-order valence-electron chi connectivity index (χ3n) is 7.80. The zero-order valence-corrected chi connectivity index (χ0v) is 25.7. The van der Waals surface area contributed by atoms with Crippen molar-refractivity contribution in [2.75, 3.05) is 37.1 Å². The van der Waals surface area contributed by atoms with Crippen LogP contribution < -0.4 is 32.1 Å². The second kappa shape index (κ2) is 13.0. The minimum absolute atomic E-state index is 0.0324. The average molecular weight is 598 g/mol. The number of carbonyl (C=O) groups excluding carboxylic acids is 2. The third-order valence-corrected chi connectivity index (χ3v) is 7.80. The van der Waals surface area contributed by atoms with Crippen LogP contribution in [0.3, 0.4) is 0 Å². The first kappa shape index (κ1) is 31.8. The zero-order chi connectivity index (χ0) is 32.2. The van der Waals surface area contributed by atoms with Gasteiger partial charge >= 0.3 is 0 Å². The largest absolute Gasteiger partial charge is 0.492 e. The molecule has 0 aliphatic heterocycles. The number of Topliss-reactive ketones (excluding diaryl/α,β-unsaturated/α-hetero) is 1. The van der Waals surface area contributed by atoms with Gasteiger partial charge in [0.2, 0.25) is 5.78 Å². The molecule has 0 atom stereocenters. The lowest BCUT2D eigenvalue weighted by atomic mass is 9.96. The number of aryl methyl sites for hydroxylation is 1. The predicted molar refractivity (Wildman–Crippen MR) is 174 cm³/mol. The number of methoxy groups -OCH3 is 1. The number of benzene rings is 3. The molecule has 230 valence electrons. The first-order valence-electron chi connectivity index (χ1n) is 14.0. The number of carbonyl (C=O) groups is 2. The van der Waals surface area contributed by atoms with Gasteiger partial charge in [-0.05, 0) is 60.6 Å². The fraction of sp³-hybridized carbons (Fsp3) is 0.242. The predicted octanol–water partition coefficient (Wildman–Crippen LogP) is 5.07. The summed E-state index contributed by atoms with van der Waals surface area (Å²) in [5.74, 6) is 5.68. The molecule has 0 bridgehead atoms. The van der Waals surface area contributed by atoms with E-state index in [-0.39, 0.29) is 28.6 Å². The maximum Gasteiger partial charge on any atom is 0.255 e. The van der Waals surface area contributed by atoms with E-state index >= 15 is 0 Å². The zero-order valence-electron chi connectivity index (χ0n) is 25.7. The quantitative estimate of drug-likeness (QED) is 0.0480. The summed E-state index contributed by atoms with van der Waals surface area (Å²) < 4.78 is 5.62. The molecule has 1 aliphatic carbocycles. The molecule has 1 fully saturated rings. The molecular weight excluding hydrogens is 558 g/mol. The lowest BCUT2D eigenvalue weighted by Crippen LogP contribution is -2.35. The van der Waals surface area contributed by atoms with Crippen LogP contribution in [0.15, 0.2) is 84.8 Å². The van der Waals surface area contributed by atoms with Crippen molar-refractivity contribution in [3.05, 3.63) is 107 Å². The van der Waals surface area contributed by atoms with Crippen molar-refractivity contribution < 1.29 is 19.2 Å². The second-order valence-corrected chi connectivity index (χ2v) is 11.0. The lowest BCUT2D eigenvalue weighted by molar-refractivity contribution is 0.102. The molecule has 0 radical (unpaired) electrons. The van der Waals surface area contributed by atoms with Crippen LogP contribution in [0.25, 0.3) is 0 Å². The molecule has 1 aliphatic rings. The Morgan fingerprint density at radius 2 is 1.70 bits per heavy atom. The highest BCUT2D eigenvalue weighted by Gasteiger charge is 2.40. The average Bonchev–Trinajstić information content (AvgIpc) is 3.78. The van der Waals surface area contributed by atoms with E-state index in [0.717, 1.165) is 24.0 Å². The Balaban J connectivity index is 1.55. The highest BCUT2D eigenvalue weighted by atomic mass is 16.6. The van der Waals surface area contributed by atoms with Crippen molar-refractivity contribution in [1.82, 2.24) is 4.90 Å². The number of nitrogens with zero attached hydrogens (tertiary/aromatic N) is 2. The highest BCUT2D eigenvalue weighted by Crippen LogP contribution is 2.50. The van der Waals surface area contributed by atoms with Gasteiger partial charge in [-0.3, -0.25) is 30.3 Å². The number of amidine groups is 1. The van der Waals surface area contributed by atoms with Crippen molar-refractivity contribution in [2.24, 2.45) is 11.6 Å². The number of amides is 1. The summed E-state index contributed by atoms with van der Waals surface area (Å²) in [6.45, 7) is 7.97. The van der Waals surface area contributed by atoms with Crippen molar-refractivity contribution in [1.29, 1.82) is 5.41 Å².